The fraction of sp³-hybridized carbons (Fsp3) is 0.714. The lowest BCUT2D eigenvalue weighted by atomic mass is 9.73. The van der Waals surface area contributed by atoms with Crippen LogP contribution >= 0.6 is 0 Å². The molecule has 1 fully saturated rings. The van der Waals surface area contributed by atoms with Crippen LogP contribution in [0.5, 0.6) is 0 Å². The first kappa shape index (κ1) is 18.5. The van der Waals surface area contributed by atoms with Crippen LogP contribution < -0.4 is 5.48 Å². The smallest absolute Gasteiger partial charge is 0.104 e. The molecule has 1 N–H and O–H groups in total. The molecule has 0 bridgehead atoms. The SMILES string of the molecule is CCC[C@H](ONC(C1CCCCC1)C(C)(C)C)c1ccccc1. The van der Waals surface area contributed by atoms with Crippen molar-refractivity contribution in [2.45, 2.75) is 84.8 Å². The molecule has 1 aromatic carbocycles. The second-order valence-corrected chi connectivity index (χ2v) is 8.17. The van der Waals surface area contributed by atoms with Crippen molar-refractivity contribution in [2.75, 3.05) is 0 Å². The van der Waals surface area contributed by atoms with Crippen LogP contribution in [0, 0.1) is 11.3 Å². The molecule has 2 rings (SSSR count). The molecule has 130 valence electrons. The Hall–Kier alpha value is -0.860. The Bertz CT molecular complexity index is 431. The molecule has 0 aliphatic heterocycles. The number of nitrogens with one attached hydrogen (secondary N) is 1. The van der Waals surface area contributed by atoms with E-state index in [1.165, 1.54) is 37.7 Å². The van der Waals surface area contributed by atoms with Crippen LogP contribution in [0.15, 0.2) is 30.3 Å². The van der Waals surface area contributed by atoms with Gasteiger partial charge in [0.25, 0.3) is 0 Å². The Morgan fingerprint density at radius 3 is 2.30 bits per heavy atom. The predicted octanol–water partition coefficient (Wildman–Crippen LogP) is 6.04. The van der Waals surface area contributed by atoms with Crippen LogP contribution in [-0.2, 0) is 4.84 Å². The van der Waals surface area contributed by atoms with Crippen molar-refractivity contribution >= 4 is 0 Å². The number of rotatable bonds is 7. The second kappa shape index (κ2) is 8.84. The fourth-order valence-electron chi connectivity index (χ4n) is 3.83. The van der Waals surface area contributed by atoms with E-state index in [0.717, 1.165) is 18.8 Å². The second-order valence-electron chi connectivity index (χ2n) is 8.17. The molecule has 0 radical (unpaired) electrons. The van der Waals surface area contributed by atoms with Crippen molar-refractivity contribution in [3.63, 3.8) is 0 Å². The third-order valence-electron chi connectivity index (χ3n) is 5.11. The van der Waals surface area contributed by atoms with Gasteiger partial charge in [-0.25, -0.2) is 0 Å². The molecule has 1 aliphatic rings. The maximum absolute atomic E-state index is 6.26. The molecule has 0 aromatic heterocycles. The third kappa shape index (κ3) is 5.61. The van der Waals surface area contributed by atoms with E-state index in [2.05, 4.69) is 63.5 Å². The van der Waals surface area contributed by atoms with Crippen molar-refractivity contribution in [3.8, 4) is 0 Å². The highest BCUT2D eigenvalue weighted by atomic mass is 16.7. The lowest BCUT2D eigenvalue weighted by Crippen LogP contribution is -2.47. The highest BCUT2D eigenvalue weighted by molar-refractivity contribution is 5.17. The number of benzene rings is 1. The van der Waals surface area contributed by atoms with Gasteiger partial charge in [0.15, 0.2) is 0 Å². The normalized spacial score (nSPS) is 19.5. The minimum atomic E-state index is 0.148. The van der Waals surface area contributed by atoms with Crippen LogP contribution in [0.3, 0.4) is 0 Å². The highest BCUT2D eigenvalue weighted by Crippen LogP contribution is 2.35. The van der Waals surface area contributed by atoms with Crippen molar-refractivity contribution in [3.05, 3.63) is 35.9 Å². The average Bonchev–Trinajstić information content (AvgIpc) is 2.55. The number of hydroxylamine groups is 1. The van der Waals surface area contributed by atoms with E-state index in [-0.39, 0.29) is 11.5 Å². The van der Waals surface area contributed by atoms with Gasteiger partial charge in [0.2, 0.25) is 0 Å². The van der Waals surface area contributed by atoms with Crippen LogP contribution in [0.4, 0.5) is 0 Å². The standard InChI is InChI=1S/C21H35NO/c1-5-12-19(17-13-8-6-9-14-17)23-22-20(21(2,3)4)18-15-10-7-11-16-18/h6,8-9,13-14,18-20,22H,5,7,10-12,15-16H2,1-4H3/t19-,20?/m0/s1. The van der Waals surface area contributed by atoms with Gasteiger partial charge >= 0.3 is 0 Å². The van der Waals surface area contributed by atoms with Gasteiger partial charge in [-0.3, -0.25) is 4.84 Å². The molecule has 0 heterocycles. The summed E-state index contributed by atoms with van der Waals surface area (Å²) >= 11 is 0. The maximum Gasteiger partial charge on any atom is 0.104 e. The molecule has 2 nitrogen and oxygen atoms in total. The molecular weight excluding hydrogens is 282 g/mol. The van der Waals surface area contributed by atoms with E-state index in [9.17, 15) is 0 Å². The minimum Gasteiger partial charge on any atom is -0.293 e. The predicted molar refractivity (Wildman–Crippen MR) is 98.1 cm³/mol. The monoisotopic (exact) mass is 317 g/mol. The summed E-state index contributed by atoms with van der Waals surface area (Å²) in [5.74, 6) is 0.738. The van der Waals surface area contributed by atoms with E-state index in [1.54, 1.807) is 0 Å². The molecule has 0 spiro atoms. The molecule has 0 amide bonds. The van der Waals surface area contributed by atoms with Gasteiger partial charge in [-0.2, -0.15) is 5.48 Å². The van der Waals surface area contributed by atoms with E-state index in [0.29, 0.717) is 6.04 Å². The van der Waals surface area contributed by atoms with Gasteiger partial charge < -0.3 is 0 Å². The lowest BCUT2D eigenvalue weighted by Gasteiger charge is -2.40. The van der Waals surface area contributed by atoms with Gasteiger partial charge in [0, 0.05) is 6.04 Å². The Morgan fingerprint density at radius 2 is 1.74 bits per heavy atom. The zero-order chi connectivity index (χ0) is 16.7. The van der Waals surface area contributed by atoms with E-state index >= 15 is 0 Å². The summed E-state index contributed by atoms with van der Waals surface area (Å²) in [7, 11) is 0. The topological polar surface area (TPSA) is 21.3 Å². The summed E-state index contributed by atoms with van der Waals surface area (Å²) in [4.78, 5) is 6.26. The van der Waals surface area contributed by atoms with Gasteiger partial charge in [0.1, 0.15) is 6.10 Å². The molecule has 1 saturated carbocycles. The number of hydrogen-bond acceptors (Lipinski definition) is 2. The van der Waals surface area contributed by atoms with Crippen molar-refractivity contribution in [1.29, 1.82) is 0 Å². The zero-order valence-corrected chi connectivity index (χ0v) is 15.5. The summed E-state index contributed by atoms with van der Waals surface area (Å²) < 4.78 is 0. The largest absolute Gasteiger partial charge is 0.293 e. The molecule has 1 unspecified atom stereocenters. The van der Waals surface area contributed by atoms with Gasteiger partial charge in [-0.1, -0.05) is 83.7 Å². The lowest BCUT2D eigenvalue weighted by molar-refractivity contribution is -0.0851. The molecule has 2 heteroatoms. The first-order valence-electron chi connectivity index (χ1n) is 9.48. The molecule has 23 heavy (non-hydrogen) atoms. The molecular formula is C21H35NO. The first-order valence-corrected chi connectivity index (χ1v) is 9.48. The van der Waals surface area contributed by atoms with Gasteiger partial charge in [-0.05, 0) is 36.2 Å². The van der Waals surface area contributed by atoms with Crippen LogP contribution in [-0.4, -0.2) is 6.04 Å². The summed E-state index contributed by atoms with van der Waals surface area (Å²) in [6.07, 6.45) is 9.14. The van der Waals surface area contributed by atoms with Crippen molar-refractivity contribution < 1.29 is 4.84 Å². The molecule has 1 aliphatic carbocycles. The Morgan fingerprint density at radius 1 is 1.09 bits per heavy atom. The Kier molecular flexibility index (Phi) is 7.10. The summed E-state index contributed by atoms with van der Waals surface area (Å²) in [6.45, 7) is 9.22. The maximum atomic E-state index is 6.26. The van der Waals surface area contributed by atoms with Crippen molar-refractivity contribution in [1.82, 2.24) is 5.48 Å². The van der Waals surface area contributed by atoms with E-state index in [4.69, 9.17) is 4.84 Å². The van der Waals surface area contributed by atoms with Crippen LogP contribution in [0.2, 0.25) is 0 Å². The highest BCUT2D eigenvalue weighted by Gasteiger charge is 2.33. The van der Waals surface area contributed by atoms with E-state index in [1.807, 2.05) is 0 Å². The van der Waals surface area contributed by atoms with Crippen molar-refractivity contribution in [2.24, 2.45) is 11.3 Å². The fourth-order valence-corrected chi connectivity index (χ4v) is 3.83. The van der Waals surface area contributed by atoms with Gasteiger partial charge in [-0.15, -0.1) is 0 Å². The minimum absolute atomic E-state index is 0.148. The first-order chi connectivity index (χ1) is 11.0. The third-order valence-corrected chi connectivity index (χ3v) is 5.11. The Labute approximate surface area is 143 Å². The van der Waals surface area contributed by atoms with E-state index < -0.39 is 0 Å². The van der Waals surface area contributed by atoms with Crippen LogP contribution in [0.1, 0.15) is 84.3 Å². The summed E-state index contributed by atoms with van der Waals surface area (Å²) in [5.41, 5.74) is 5.01. The van der Waals surface area contributed by atoms with Gasteiger partial charge in [0.05, 0.1) is 0 Å². The molecule has 0 saturated heterocycles. The quantitative estimate of drug-likeness (QED) is 0.619. The van der Waals surface area contributed by atoms with Crippen LogP contribution in [0.25, 0.3) is 0 Å². The molecule has 2 atom stereocenters. The zero-order valence-electron chi connectivity index (χ0n) is 15.5. The molecule has 1 aromatic rings. The number of hydrogen-bond donors (Lipinski definition) is 1. The summed E-state index contributed by atoms with van der Waals surface area (Å²) in [5, 5.41) is 0. The average molecular weight is 318 g/mol. The summed E-state index contributed by atoms with van der Waals surface area (Å²) in [6, 6.07) is 11.0. The Balaban J connectivity index is 2.03.